The number of hydrogen-bond donors (Lipinski definition) is 1. The van der Waals surface area contributed by atoms with E-state index in [1.54, 1.807) is 21.6 Å². The van der Waals surface area contributed by atoms with Crippen molar-refractivity contribution in [2.24, 2.45) is 5.92 Å². The minimum atomic E-state index is -0.890. The Bertz CT molecular complexity index is 691. The van der Waals surface area contributed by atoms with Crippen LogP contribution in [-0.4, -0.2) is 63.3 Å². The molecular weight excluding hydrogens is 352 g/mol. The molecule has 2 unspecified atom stereocenters. The zero-order chi connectivity index (χ0) is 18.7. The van der Waals surface area contributed by atoms with Crippen LogP contribution in [0.3, 0.4) is 0 Å². The number of nitrogens with zero attached hydrogens (tertiary/aromatic N) is 2. The van der Waals surface area contributed by atoms with Crippen molar-refractivity contribution in [2.45, 2.75) is 32.4 Å². The van der Waals surface area contributed by atoms with Crippen molar-refractivity contribution in [3.63, 3.8) is 0 Å². The summed E-state index contributed by atoms with van der Waals surface area (Å²) in [7, 11) is 0. The van der Waals surface area contributed by atoms with Crippen molar-refractivity contribution in [2.75, 3.05) is 24.6 Å². The van der Waals surface area contributed by atoms with Crippen LogP contribution in [0.2, 0.25) is 0 Å². The third-order valence-corrected chi connectivity index (χ3v) is 6.07. The Kier molecular flexibility index (Phi) is 5.86. The summed E-state index contributed by atoms with van der Waals surface area (Å²) < 4.78 is 0. The number of benzene rings is 1. The predicted molar refractivity (Wildman–Crippen MR) is 99.8 cm³/mol. The Hall–Kier alpha value is -2.02. The summed E-state index contributed by atoms with van der Waals surface area (Å²) in [5.41, 5.74) is 2.22. The number of thioether (sulfide) groups is 1. The van der Waals surface area contributed by atoms with E-state index in [1.165, 1.54) is 5.56 Å². The second-order valence-corrected chi connectivity index (χ2v) is 8.17. The highest BCUT2D eigenvalue weighted by Gasteiger charge is 2.39. The maximum absolute atomic E-state index is 12.9. The Balaban J connectivity index is 1.64. The predicted octanol–water partition coefficient (Wildman–Crippen LogP) is 1.76. The largest absolute Gasteiger partial charge is 0.481 e. The lowest BCUT2D eigenvalue weighted by Gasteiger charge is -2.36. The zero-order valence-corrected chi connectivity index (χ0v) is 15.7. The topological polar surface area (TPSA) is 77.9 Å². The number of carbonyl (C=O) groups is 3. The average molecular weight is 376 g/mol. The van der Waals surface area contributed by atoms with Gasteiger partial charge in [-0.3, -0.25) is 14.4 Å². The lowest BCUT2D eigenvalue weighted by atomic mass is 10.0. The SMILES string of the molecule is Cc1ccc(CN2CC(C(=O)N3CCSCC3CC(=O)O)CC2=O)cc1. The summed E-state index contributed by atoms with van der Waals surface area (Å²) in [5.74, 6) is 0.119. The number of aryl methyl sites for hydroxylation is 1. The highest BCUT2D eigenvalue weighted by atomic mass is 32.2. The van der Waals surface area contributed by atoms with Gasteiger partial charge in [-0.1, -0.05) is 29.8 Å². The van der Waals surface area contributed by atoms with Crippen molar-refractivity contribution in [3.05, 3.63) is 35.4 Å². The van der Waals surface area contributed by atoms with Gasteiger partial charge in [0.1, 0.15) is 0 Å². The lowest BCUT2D eigenvalue weighted by Crippen LogP contribution is -2.49. The van der Waals surface area contributed by atoms with Crippen LogP contribution in [0.1, 0.15) is 24.0 Å². The molecule has 1 N–H and O–H groups in total. The zero-order valence-electron chi connectivity index (χ0n) is 14.9. The number of aliphatic carboxylic acids is 1. The fourth-order valence-corrected chi connectivity index (χ4v) is 4.62. The Morgan fingerprint density at radius 3 is 2.69 bits per heavy atom. The maximum atomic E-state index is 12.9. The van der Waals surface area contributed by atoms with Crippen molar-refractivity contribution in [1.82, 2.24) is 9.80 Å². The quantitative estimate of drug-likeness (QED) is 0.847. The smallest absolute Gasteiger partial charge is 0.305 e. The lowest BCUT2D eigenvalue weighted by molar-refractivity contribution is -0.142. The molecule has 1 aromatic carbocycles. The number of likely N-dealkylation sites (tertiary alicyclic amines) is 1. The van der Waals surface area contributed by atoms with Crippen LogP contribution in [0.15, 0.2) is 24.3 Å². The molecule has 2 heterocycles. The monoisotopic (exact) mass is 376 g/mol. The second-order valence-electron chi connectivity index (χ2n) is 7.02. The molecule has 2 fully saturated rings. The molecule has 140 valence electrons. The molecule has 0 bridgehead atoms. The van der Waals surface area contributed by atoms with E-state index >= 15 is 0 Å². The summed E-state index contributed by atoms with van der Waals surface area (Å²) in [5, 5.41) is 9.09. The van der Waals surface area contributed by atoms with Crippen LogP contribution >= 0.6 is 11.8 Å². The van der Waals surface area contributed by atoms with E-state index in [4.69, 9.17) is 5.11 Å². The molecule has 2 saturated heterocycles. The minimum Gasteiger partial charge on any atom is -0.481 e. The number of carboxylic acids is 1. The van der Waals surface area contributed by atoms with E-state index < -0.39 is 5.97 Å². The Morgan fingerprint density at radius 2 is 2.00 bits per heavy atom. The van der Waals surface area contributed by atoms with E-state index in [0.717, 1.165) is 11.3 Å². The fourth-order valence-electron chi connectivity index (χ4n) is 3.55. The van der Waals surface area contributed by atoms with Crippen molar-refractivity contribution < 1.29 is 19.5 Å². The third-order valence-electron chi connectivity index (χ3n) is 4.98. The number of carboxylic acid groups (broad SMARTS) is 1. The molecule has 1 aromatic rings. The molecule has 0 spiro atoms. The number of hydrogen-bond acceptors (Lipinski definition) is 4. The highest BCUT2D eigenvalue weighted by molar-refractivity contribution is 7.99. The molecule has 0 aromatic heterocycles. The van der Waals surface area contributed by atoms with Gasteiger partial charge in [0.2, 0.25) is 11.8 Å². The van der Waals surface area contributed by atoms with Crippen LogP contribution < -0.4 is 0 Å². The Labute approximate surface area is 157 Å². The first-order valence-corrected chi connectivity index (χ1v) is 10.0. The Morgan fingerprint density at radius 1 is 1.27 bits per heavy atom. The average Bonchev–Trinajstić information content (AvgIpc) is 2.97. The van der Waals surface area contributed by atoms with Gasteiger partial charge in [-0.25, -0.2) is 0 Å². The van der Waals surface area contributed by atoms with E-state index in [1.807, 2.05) is 31.2 Å². The molecule has 0 radical (unpaired) electrons. The van der Waals surface area contributed by atoms with Gasteiger partial charge in [0.05, 0.1) is 18.4 Å². The summed E-state index contributed by atoms with van der Waals surface area (Å²) in [6, 6.07) is 7.76. The van der Waals surface area contributed by atoms with Crippen LogP contribution in [0.4, 0.5) is 0 Å². The van der Waals surface area contributed by atoms with Crippen molar-refractivity contribution in [3.8, 4) is 0 Å². The van der Waals surface area contributed by atoms with Gasteiger partial charge >= 0.3 is 5.97 Å². The van der Waals surface area contributed by atoms with Gasteiger partial charge < -0.3 is 14.9 Å². The molecule has 2 aliphatic heterocycles. The number of carbonyl (C=O) groups excluding carboxylic acids is 2. The van der Waals surface area contributed by atoms with Crippen LogP contribution in [0.25, 0.3) is 0 Å². The number of rotatable bonds is 5. The normalized spacial score (nSPS) is 23.3. The molecular formula is C19H24N2O4S. The van der Waals surface area contributed by atoms with Crippen molar-refractivity contribution in [1.29, 1.82) is 0 Å². The van der Waals surface area contributed by atoms with Gasteiger partial charge in [0.15, 0.2) is 0 Å². The van der Waals surface area contributed by atoms with Crippen LogP contribution in [0.5, 0.6) is 0 Å². The molecule has 6 nitrogen and oxygen atoms in total. The molecule has 0 saturated carbocycles. The van der Waals surface area contributed by atoms with E-state index in [9.17, 15) is 14.4 Å². The summed E-state index contributed by atoms with van der Waals surface area (Å²) in [4.78, 5) is 39.8. The first-order chi connectivity index (χ1) is 12.4. The van der Waals surface area contributed by atoms with E-state index in [-0.39, 0.29) is 36.6 Å². The van der Waals surface area contributed by atoms with Gasteiger partial charge in [-0.2, -0.15) is 11.8 Å². The van der Waals surface area contributed by atoms with E-state index in [2.05, 4.69) is 0 Å². The summed E-state index contributed by atoms with van der Waals surface area (Å²) in [6.45, 7) is 3.50. The molecule has 2 amide bonds. The fraction of sp³-hybridized carbons (Fsp3) is 0.526. The number of amides is 2. The van der Waals surface area contributed by atoms with Gasteiger partial charge in [-0.15, -0.1) is 0 Å². The molecule has 2 atom stereocenters. The molecule has 26 heavy (non-hydrogen) atoms. The summed E-state index contributed by atoms with van der Waals surface area (Å²) in [6.07, 6.45) is 0.181. The third kappa shape index (κ3) is 4.38. The van der Waals surface area contributed by atoms with Crippen LogP contribution in [0, 0.1) is 12.8 Å². The minimum absolute atomic E-state index is 0.00917. The standard InChI is InChI=1S/C19H24N2O4S/c1-13-2-4-14(5-3-13)10-20-11-15(8-17(20)22)19(25)21-6-7-26-12-16(21)9-18(23)24/h2-5,15-16H,6-12H2,1H3,(H,23,24). The second kappa shape index (κ2) is 8.12. The van der Waals surface area contributed by atoms with Crippen LogP contribution in [-0.2, 0) is 20.9 Å². The first-order valence-electron chi connectivity index (χ1n) is 8.87. The molecule has 0 aliphatic carbocycles. The highest BCUT2D eigenvalue weighted by Crippen LogP contribution is 2.26. The van der Waals surface area contributed by atoms with Crippen molar-refractivity contribution >= 4 is 29.5 Å². The molecule has 7 heteroatoms. The van der Waals surface area contributed by atoms with Gasteiger partial charge in [0, 0.05) is 37.6 Å². The molecule has 3 rings (SSSR count). The maximum Gasteiger partial charge on any atom is 0.305 e. The molecule has 2 aliphatic rings. The summed E-state index contributed by atoms with van der Waals surface area (Å²) >= 11 is 1.68. The van der Waals surface area contributed by atoms with Gasteiger partial charge in [0.25, 0.3) is 0 Å². The first kappa shape index (κ1) is 18.8. The van der Waals surface area contributed by atoms with Gasteiger partial charge in [-0.05, 0) is 12.5 Å². The van der Waals surface area contributed by atoms with E-state index in [0.29, 0.717) is 25.4 Å².